The quantitative estimate of drug-likeness (QED) is 0.698. The van der Waals surface area contributed by atoms with Crippen molar-refractivity contribution in [3.63, 3.8) is 0 Å². The molecule has 0 aliphatic carbocycles. The van der Waals surface area contributed by atoms with Gasteiger partial charge < -0.3 is 5.32 Å². The second-order valence-electron chi connectivity index (χ2n) is 4.80. The zero-order chi connectivity index (χ0) is 11.1. The molecule has 2 atom stereocenters. The van der Waals surface area contributed by atoms with Crippen molar-refractivity contribution in [2.45, 2.75) is 37.1 Å². The van der Waals surface area contributed by atoms with Crippen LogP contribution in [0.3, 0.4) is 0 Å². The van der Waals surface area contributed by atoms with E-state index in [9.17, 15) is 0 Å². The van der Waals surface area contributed by atoms with Gasteiger partial charge in [0.25, 0.3) is 0 Å². The molecule has 0 radical (unpaired) electrons. The van der Waals surface area contributed by atoms with Crippen LogP contribution in [0.25, 0.3) is 0 Å². The van der Waals surface area contributed by atoms with Crippen LogP contribution in [-0.4, -0.2) is 37.9 Å². The minimum Gasteiger partial charge on any atom is -0.357 e. The molecule has 0 aromatic rings. The second-order valence-corrected chi connectivity index (χ2v) is 7.63. The van der Waals surface area contributed by atoms with Gasteiger partial charge in [-0.1, -0.05) is 0 Å². The fourth-order valence-electron chi connectivity index (χ4n) is 1.62. The smallest absolute Gasteiger partial charge is 0.181 e. The van der Waals surface area contributed by atoms with Gasteiger partial charge in [0.05, 0.1) is 10.7 Å². The molecule has 0 amide bonds. The first-order valence-electron chi connectivity index (χ1n) is 5.06. The number of thioether (sulfide) groups is 2. The van der Waals surface area contributed by atoms with Gasteiger partial charge in [-0.2, -0.15) is 5.01 Å². The predicted octanol–water partition coefficient (Wildman–Crippen LogP) is 1.61. The monoisotopic (exact) mass is 263 g/mol. The number of hydrazine groups is 1. The maximum Gasteiger partial charge on any atom is 0.181 e. The third-order valence-electron chi connectivity index (χ3n) is 2.20. The fourth-order valence-corrected chi connectivity index (χ4v) is 5.16. The summed E-state index contributed by atoms with van der Waals surface area (Å²) in [7, 11) is 0. The Bertz CT molecular complexity index is 244. The lowest BCUT2D eigenvalue weighted by atomic mass is 10.1. The van der Waals surface area contributed by atoms with Crippen molar-refractivity contribution >= 4 is 40.9 Å². The minimum absolute atomic E-state index is 0.0309. The summed E-state index contributed by atoms with van der Waals surface area (Å²) in [6.07, 6.45) is 0. The fraction of sp³-hybridized carbons (Fsp3) is 0.889. The lowest BCUT2D eigenvalue weighted by Crippen LogP contribution is -2.53. The molecule has 2 bridgehead atoms. The van der Waals surface area contributed by atoms with Crippen LogP contribution < -0.4 is 10.7 Å². The molecule has 0 aromatic heterocycles. The summed E-state index contributed by atoms with van der Waals surface area (Å²) < 4.78 is 0. The van der Waals surface area contributed by atoms with Crippen molar-refractivity contribution in [3.8, 4) is 0 Å². The van der Waals surface area contributed by atoms with Gasteiger partial charge in [0.15, 0.2) is 5.11 Å². The molecule has 2 N–H and O–H groups in total. The first-order chi connectivity index (χ1) is 6.96. The molecule has 6 heteroatoms. The number of hydrogen-bond donors (Lipinski definition) is 2. The Morgan fingerprint density at radius 3 is 2.20 bits per heavy atom. The van der Waals surface area contributed by atoms with Crippen LogP contribution in [0.4, 0.5) is 0 Å². The van der Waals surface area contributed by atoms with Gasteiger partial charge in [-0.15, -0.1) is 23.5 Å². The van der Waals surface area contributed by atoms with E-state index >= 15 is 0 Å². The molecule has 0 saturated carbocycles. The number of rotatable bonds is 1. The molecule has 2 heterocycles. The third-order valence-corrected chi connectivity index (χ3v) is 5.39. The highest BCUT2D eigenvalue weighted by atomic mass is 32.2. The Labute approximate surface area is 105 Å². The lowest BCUT2D eigenvalue weighted by Gasteiger charge is -2.27. The Balaban J connectivity index is 1.85. The summed E-state index contributed by atoms with van der Waals surface area (Å²) in [6.45, 7) is 6.34. The summed E-state index contributed by atoms with van der Waals surface area (Å²) in [6, 6.07) is 0. The van der Waals surface area contributed by atoms with Crippen LogP contribution in [-0.2, 0) is 0 Å². The zero-order valence-corrected chi connectivity index (χ0v) is 11.7. The van der Waals surface area contributed by atoms with E-state index in [1.54, 1.807) is 0 Å². The van der Waals surface area contributed by atoms with Crippen LogP contribution in [0.2, 0.25) is 0 Å². The number of nitrogens with zero attached hydrogens (tertiary/aromatic N) is 1. The topological polar surface area (TPSA) is 27.3 Å². The molecule has 2 rings (SSSR count). The number of fused-ring (bicyclic) bond motifs is 2. The third kappa shape index (κ3) is 2.93. The van der Waals surface area contributed by atoms with Crippen molar-refractivity contribution in [1.29, 1.82) is 0 Å². The van der Waals surface area contributed by atoms with Gasteiger partial charge in [0, 0.05) is 17.0 Å². The molecule has 2 fully saturated rings. The van der Waals surface area contributed by atoms with Crippen molar-refractivity contribution in [1.82, 2.24) is 15.8 Å². The molecule has 2 aliphatic heterocycles. The van der Waals surface area contributed by atoms with Crippen molar-refractivity contribution in [2.75, 3.05) is 11.5 Å². The molecular formula is C9H17N3S3. The van der Waals surface area contributed by atoms with E-state index in [4.69, 9.17) is 12.2 Å². The molecule has 86 valence electrons. The Morgan fingerprint density at radius 2 is 1.80 bits per heavy atom. The number of nitrogens with one attached hydrogen (secondary N) is 2. The summed E-state index contributed by atoms with van der Waals surface area (Å²) in [5.41, 5.74) is 3.34. The summed E-state index contributed by atoms with van der Waals surface area (Å²) in [5, 5.41) is 7.50. The van der Waals surface area contributed by atoms with E-state index in [2.05, 4.69) is 36.5 Å². The molecule has 2 aliphatic rings. The van der Waals surface area contributed by atoms with Crippen LogP contribution in [0, 0.1) is 0 Å². The maximum absolute atomic E-state index is 5.29. The van der Waals surface area contributed by atoms with Crippen LogP contribution in [0.5, 0.6) is 0 Å². The minimum atomic E-state index is 0.0309. The van der Waals surface area contributed by atoms with Gasteiger partial charge in [-0.25, -0.2) is 0 Å². The highest BCUT2D eigenvalue weighted by Gasteiger charge is 2.41. The number of hydrogen-bond acceptors (Lipinski definition) is 4. The van der Waals surface area contributed by atoms with Crippen LogP contribution >= 0.6 is 35.7 Å². The summed E-state index contributed by atoms with van der Waals surface area (Å²) in [4.78, 5) is 0. The highest BCUT2D eigenvalue weighted by molar-refractivity contribution is 8.07. The summed E-state index contributed by atoms with van der Waals surface area (Å²) >= 11 is 9.32. The van der Waals surface area contributed by atoms with Gasteiger partial charge in [0.1, 0.15) is 0 Å². The van der Waals surface area contributed by atoms with Crippen molar-refractivity contribution in [3.05, 3.63) is 0 Å². The maximum atomic E-state index is 5.29. The van der Waals surface area contributed by atoms with E-state index in [0.29, 0.717) is 10.7 Å². The molecule has 3 nitrogen and oxygen atoms in total. The van der Waals surface area contributed by atoms with Crippen molar-refractivity contribution < 1.29 is 0 Å². The zero-order valence-electron chi connectivity index (χ0n) is 9.24. The highest BCUT2D eigenvalue weighted by Crippen LogP contribution is 2.42. The standard InChI is InChI=1S/C9H17N3S3/c1-9(2,3)10-8(13)11-12-6-4-14-7(12)5-15-6/h6-7H,4-5H2,1-3H3,(H2,10,11,13). The first-order valence-corrected chi connectivity index (χ1v) is 7.57. The molecule has 0 spiro atoms. The normalized spacial score (nSPS) is 30.6. The van der Waals surface area contributed by atoms with Gasteiger partial charge in [-0.05, 0) is 33.0 Å². The Kier molecular flexibility index (Phi) is 3.40. The molecule has 2 unspecified atom stereocenters. The van der Waals surface area contributed by atoms with Gasteiger partial charge in [0.2, 0.25) is 0 Å². The largest absolute Gasteiger partial charge is 0.357 e. The van der Waals surface area contributed by atoms with Crippen LogP contribution in [0.1, 0.15) is 20.8 Å². The Morgan fingerprint density at radius 1 is 1.27 bits per heavy atom. The van der Waals surface area contributed by atoms with Gasteiger partial charge in [-0.3, -0.25) is 5.43 Å². The molecule has 2 saturated heterocycles. The SMILES string of the molecule is CC(C)(C)NC(=S)NN1C2CSC1CS2. The predicted molar refractivity (Wildman–Crippen MR) is 73.0 cm³/mol. The lowest BCUT2D eigenvalue weighted by molar-refractivity contribution is 0.251. The van der Waals surface area contributed by atoms with Crippen LogP contribution in [0.15, 0.2) is 0 Å². The average molecular weight is 263 g/mol. The van der Waals surface area contributed by atoms with E-state index in [1.807, 2.05) is 23.5 Å². The summed E-state index contributed by atoms with van der Waals surface area (Å²) in [5.74, 6) is 2.42. The Hall–Kier alpha value is 0.350. The second kappa shape index (κ2) is 4.31. The van der Waals surface area contributed by atoms with E-state index in [1.165, 1.54) is 11.5 Å². The van der Waals surface area contributed by atoms with Gasteiger partial charge >= 0.3 is 0 Å². The first kappa shape index (κ1) is 11.8. The number of thiocarbonyl (C=S) groups is 1. The van der Waals surface area contributed by atoms with Crippen molar-refractivity contribution in [2.24, 2.45) is 0 Å². The van der Waals surface area contributed by atoms with E-state index in [0.717, 1.165) is 5.11 Å². The molecule has 0 aromatic carbocycles. The average Bonchev–Trinajstić information content (AvgIpc) is 2.61. The molecule has 15 heavy (non-hydrogen) atoms. The van der Waals surface area contributed by atoms with E-state index < -0.39 is 0 Å². The molecular weight excluding hydrogens is 246 g/mol. The van der Waals surface area contributed by atoms with E-state index in [-0.39, 0.29) is 5.54 Å².